The Morgan fingerprint density at radius 3 is 2.53 bits per heavy atom. The van der Waals surface area contributed by atoms with Crippen LogP contribution in [0.25, 0.3) is 0 Å². The fourth-order valence-electron chi connectivity index (χ4n) is 1.21. The largest absolute Gasteiger partial charge is 0.382 e. The van der Waals surface area contributed by atoms with Crippen LogP contribution in [0.2, 0.25) is 24.8 Å². The van der Waals surface area contributed by atoms with Crippen LogP contribution < -0.4 is 5.32 Å². The van der Waals surface area contributed by atoms with Gasteiger partial charge in [0, 0.05) is 12.2 Å². The van der Waals surface area contributed by atoms with Gasteiger partial charge in [0.15, 0.2) is 0 Å². The van der Waals surface area contributed by atoms with Crippen LogP contribution in [-0.4, -0.2) is 19.1 Å². The van der Waals surface area contributed by atoms with E-state index >= 15 is 0 Å². The van der Waals surface area contributed by atoms with Gasteiger partial charge >= 0.3 is 0 Å². The lowest BCUT2D eigenvalue weighted by Gasteiger charge is -2.12. The summed E-state index contributed by atoms with van der Waals surface area (Å²) in [5, 5.41) is 3.83. The topological polar surface area (TPSA) is 24.9 Å². The number of pyridine rings is 1. The molecule has 0 aliphatic carbocycles. The summed E-state index contributed by atoms with van der Waals surface area (Å²) in [6, 6.07) is 2.18. The molecule has 17 heavy (non-hydrogen) atoms. The van der Waals surface area contributed by atoms with Gasteiger partial charge in [-0.25, -0.2) is 4.98 Å². The van der Waals surface area contributed by atoms with Crippen molar-refractivity contribution in [3.05, 3.63) is 23.0 Å². The van der Waals surface area contributed by atoms with Crippen LogP contribution in [0.1, 0.15) is 19.4 Å². The molecule has 0 aliphatic heterocycles. The second-order valence-corrected chi connectivity index (χ2v) is 10.5. The molecule has 1 aromatic rings. The molecule has 0 fully saturated rings. The van der Waals surface area contributed by atoms with Gasteiger partial charge in [-0.1, -0.05) is 37.2 Å². The van der Waals surface area contributed by atoms with E-state index in [2.05, 4.69) is 55.3 Å². The minimum atomic E-state index is -1.37. The summed E-state index contributed by atoms with van der Waals surface area (Å²) in [6.45, 7) is 10.8. The van der Waals surface area contributed by atoms with Crippen molar-refractivity contribution in [2.45, 2.75) is 39.5 Å². The van der Waals surface area contributed by atoms with E-state index in [9.17, 15) is 0 Å². The lowest BCUT2D eigenvalue weighted by Crippen LogP contribution is -2.16. The highest BCUT2D eigenvalue weighted by Crippen LogP contribution is 2.19. The number of anilines is 1. The molecule has 0 bridgehead atoms. The molecule has 0 aromatic carbocycles. The van der Waals surface area contributed by atoms with Crippen LogP contribution in [0.15, 0.2) is 12.3 Å². The maximum absolute atomic E-state index is 5.90. The molecule has 0 atom stereocenters. The fourth-order valence-corrected chi connectivity index (χ4v) is 1.88. The van der Waals surface area contributed by atoms with Gasteiger partial charge in [0.2, 0.25) is 0 Å². The first kappa shape index (κ1) is 14.1. The smallest absolute Gasteiger partial charge is 0.131 e. The molecule has 0 spiro atoms. The quantitative estimate of drug-likeness (QED) is 0.501. The Balaban J connectivity index is 3.09. The molecule has 4 heteroatoms. The lowest BCUT2D eigenvalue weighted by atomic mass is 10.2. The second-order valence-electron chi connectivity index (χ2n) is 5.35. The SMILES string of the molecule is CC(C)Nc1cc(Cl)ncc1C#C[Si](C)(C)C. The zero-order valence-corrected chi connectivity index (χ0v) is 12.8. The normalized spacial score (nSPS) is 11.0. The number of hydrogen-bond donors (Lipinski definition) is 1. The lowest BCUT2D eigenvalue weighted by molar-refractivity contribution is 0.898. The van der Waals surface area contributed by atoms with E-state index in [0.29, 0.717) is 11.2 Å². The summed E-state index contributed by atoms with van der Waals surface area (Å²) in [4.78, 5) is 4.09. The predicted octanol–water partition coefficient (Wildman–Crippen LogP) is 3.78. The molecule has 0 aliphatic rings. The first-order valence-electron chi connectivity index (χ1n) is 5.73. The van der Waals surface area contributed by atoms with Crippen molar-refractivity contribution < 1.29 is 0 Å². The Hall–Kier alpha value is -0.983. The van der Waals surface area contributed by atoms with Gasteiger partial charge in [-0.05, 0) is 19.9 Å². The van der Waals surface area contributed by atoms with Gasteiger partial charge in [-0.3, -0.25) is 0 Å². The molecule has 1 N–H and O–H groups in total. The zero-order chi connectivity index (χ0) is 13.1. The van der Waals surface area contributed by atoms with Crippen molar-refractivity contribution in [2.24, 2.45) is 0 Å². The zero-order valence-electron chi connectivity index (χ0n) is 11.1. The van der Waals surface area contributed by atoms with E-state index < -0.39 is 8.07 Å². The number of hydrogen-bond acceptors (Lipinski definition) is 2. The van der Waals surface area contributed by atoms with Crippen molar-refractivity contribution in [3.8, 4) is 11.5 Å². The van der Waals surface area contributed by atoms with Gasteiger partial charge in [0.1, 0.15) is 13.2 Å². The summed E-state index contributed by atoms with van der Waals surface area (Å²) in [7, 11) is -1.37. The van der Waals surface area contributed by atoms with Crippen molar-refractivity contribution in [3.63, 3.8) is 0 Å². The maximum atomic E-state index is 5.90. The average Bonchev–Trinajstić information content (AvgIpc) is 2.14. The van der Waals surface area contributed by atoms with Gasteiger partial charge in [-0.15, -0.1) is 5.54 Å². The molecule has 0 radical (unpaired) electrons. The molecule has 0 amide bonds. The standard InChI is InChI=1S/C13H19ClN2Si/c1-10(2)16-12-8-13(14)15-9-11(12)6-7-17(3,4)5/h8-10H,1-5H3,(H,15,16). The van der Waals surface area contributed by atoms with Gasteiger partial charge in [-0.2, -0.15) is 0 Å². The van der Waals surface area contributed by atoms with Crippen LogP contribution in [0.5, 0.6) is 0 Å². The minimum absolute atomic E-state index is 0.348. The molecular weight excluding hydrogens is 248 g/mol. The first-order valence-corrected chi connectivity index (χ1v) is 9.61. The Morgan fingerprint density at radius 2 is 2.00 bits per heavy atom. The van der Waals surface area contributed by atoms with Crippen LogP contribution in [0.3, 0.4) is 0 Å². The summed E-state index contributed by atoms with van der Waals surface area (Å²) in [6.07, 6.45) is 1.74. The summed E-state index contributed by atoms with van der Waals surface area (Å²) in [5.41, 5.74) is 5.22. The summed E-state index contributed by atoms with van der Waals surface area (Å²) >= 11 is 5.90. The van der Waals surface area contributed by atoms with Crippen molar-refractivity contribution in [1.82, 2.24) is 4.98 Å². The second kappa shape index (κ2) is 5.57. The molecular formula is C13H19ClN2Si. The third-order valence-electron chi connectivity index (χ3n) is 1.89. The van der Waals surface area contributed by atoms with Gasteiger partial charge in [0.05, 0.1) is 11.3 Å². The van der Waals surface area contributed by atoms with Crippen LogP contribution in [0.4, 0.5) is 5.69 Å². The highest BCUT2D eigenvalue weighted by Gasteiger charge is 2.09. The number of rotatable bonds is 2. The molecule has 0 saturated carbocycles. The van der Waals surface area contributed by atoms with E-state index in [0.717, 1.165) is 11.3 Å². The van der Waals surface area contributed by atoms with E-state index in [-0.39, 0.29) is 0 Å². The number of nitrogens with zero attached hydrogens (tertiary/aromatic N) is 1. The third kappa shape index (κ3) is 5.25. The summed E-state index contributed by atoms with van der Waals surface area (Å²) in [5.74, 6) is 3.21. The van der Waals surface area contributed by atoms with E-state index in [1.54, 1.807) is 6.20 Å². The highest BCUT2D eigenvalue weighted by atomic mass is 35.5. The Bertz CT molecular complexity index is 453. The number of nitrogens with one attached hydrogen (secondary N) is 1. The Labute approximate surface area is 110 Å². The number of aromatic nitrogens is 1. The molecule has 0 saturated heterocycles. The maximum Gasteiger partial charge on any atom is 0.131 e. The average molecular weight is 267 g/mol. The molecule has 2 nitrogen and oxygen atoms in total. The van der Waals surface area contributed by atoms with E-state index in [1.165, 1.54) is 0 Å². The predicted molar refractivity (Wildman–Crippen MR) is 78.2 cm³/mol. The van der Waals surface area contributed by atoms with E-state index in [4.69, 9.17) is 11.6 Å². The van der Waals surface area contributed by atoms with Crippen LogP contribution >= 0.6 is 11.6 Å². The van der Waals surface area contributed by atoms with Crippen LogP contribution in [-0.2, 0) is 0 Å². The first-order chi connectivity index (χ1) is 7.78. The van der Waals surface area contributed by atoms with Crippen molar-refractivity contribution in [1.29, 1.82) is 0 Å². The Kier molecular flexibility index (Phi) is 4.61. The third-order valence-corrected chi connectivity index (χ3v) is 2.97. The van der Waals surface area contributed by atoms with Crippen LogP contribution in [0, 0.1) is 11.5 Å². The van der Waals surface area contributed by atoms with E-state index in [1.807, 2.05) is 6.07 Å². The molecule has 1 heterocycles. The van der Waals surface area contributed by atoms with Crippen molar-refractivity contribution in [2.75, 3.05) is 5.32 Å². The number of halogens is 1. The molecule has 92 valence electrons. The highest BCUT2D eigenvalue weighted by molar-refractivity contribution is 6.83. The molecule has 1 rings (SSSR count). The minimum Gasteiger partial charge on any atom is -0.382 e. The fraction of sp³-hybridized carbons (Fsp3) is 0.462. The Morgan fingerprint density at radius 1 is 1.35 bits per heavy atom. The monoisotopic (exact) mass is 266 g/mol. The van der Waals surface area contributed by atoms with Gasteiger partial charge < -0.3 is 5.32 Å². The van der Waals surface area contributed by atoms with Crippen molar-refractivity contribution >= 4 is 25.4 Å². The molecule has 1 aromatic heterocycles. The molecule has 0 unspecified atom stereocenters. The summed E-state index contributed by atoms with van der Waals surface area (Å²) < 4.78 is 0. The van der Waals surface area contributed by atoms with Gasteiger partial charge in [0.25, 0.3) is 0 Å².